The number of carbonyl (C=O) groups excluding carboxylic acids is 1. The Morgan fingerprint density at radius 2 is 1.85 bits per heavy atom. The van der Waals surface area contributed by atoms with Gasteiger partial charge in [0.2, 0.25) is 0 Å². The smallest absolute Gasteiger partial charge is 0.363 e. The van der Waals surface area contributed by atoms with Gasteiger partial charge in [0, 0.05) is 6.20 Å². The van der Waals surface area contributed by atoms with Crippen LogP contribution in [0.1, 0.15) is 21.6 Å². The standard InChI is InChI=1S/C14H10Cl3NO2/c1-7-3-4-10(8(2)5-7)20-14(19)13-12(17)11(16)9(15)6-18-13/h3-6H,1-2H3. The zero-order valence-electron chi connectivity index (χ0n) is 10.7. The fourth-order valence-corrected chi connectivity index (χ4v) is 2.21. The first-order valence-electron chi connectivity index (χ1n) is 5.69. The highest BCUT2D eigenvalue weighted by Gasteiger charge is 2.19. The third-order valence-electron chi connectivity index (χ3n) is 2.64. The highest BCUT2D eigenvalue weighted by Crippen LogP contribution is 2.31. The van der Waals surface area contributed by atoms with E-state index in [4.69, 9.17) is 39.5 Å². The number of esters is 1. The van der Waals surface area contributed by atoms with Gasteiger partial charge in [-0.05, 0) is 25.5 Å². The topological polar surface area (TPSA) is 39.2 Å². The number of aryl methyl sites for hydroxylation is 2. The van der Waals surface area contributed by atoms with Crippen LogP contribution < -0.4 is 4.74 Å². The van der Waals surface area contributed by atoms with Gasteiger partial charge in [-0.1, -0.05) is 52.5 Å². The normalized spacial score (nSPS) is 10.4. The van der Waals surface area contributed by atoms with Crippen LogP contribution in [-0.2, 0) is 0 Å². The van der Waals surface area contributed by atoms with Crippen molar-refractivity contribution in [3.05, 3.63) is 56.3 Å². The Morgan fingerprint density at radius 1 is 1.15 bits per heavy atom. The SMILES string of the molecule is Cc1ccc(OC(=O)c2ncc(Cl)c(Cl)c2Cl)c(C)c1. The van der Waals surface area contributed by atoms with Crippen molar-refractivity contribution in [2.24, 2.45) is 0 Å². The van der Waals surface area contributed by atoms with Gasteiger partial charge in [0.1, 0.15) is 5.75 Å². The van der Waals surface area contributed by atoms with E-state index in [1.165, 1.54) is 6.20 Å². The van der Waals surface area contributed by atoms with Crippen LogP contribution in [0.2, 0.25) is 15.1 Å². The molecule has 0 saturated heterocycles. The van der Waals surface area contributed by atoms with E-state index in [2.05, 4.69) is 4.98 Å². The van der Waals surface area contributed by atoms with Crippen molar-refractivity contribution in [1.82, 2.24) is 4.98 Å². The van der Waals surface area contributed by atoms with Crippen molar-refractivity contribution in [2.75, 3.05) is 0 Å². The molecule has 0 fully saturated rings. The lowest BCUT2D eigenvalue weighted by molar-refractivity contribution is 0.0727. The summed E-state index contributed by atoms with van der Waals surface area (Å²) in [7, 11) is 0. The van der Waals surface area contributed by atoms with E-state index in [1.54, 1.807) is 6.07 Å². The Morgan fingerprint density at radius 3 is 2.50 bits per heavy atom. The van der Waals surface area contributed by atoms with Crippen LogP contribution >= 0.6 is 34.8 Å². The summed E-state index contributed by atoms with van der Waals surface area (Å²) in [5.74, 6) is -0.231. The number of rotatable bonds is 2. The fourth-order valence-electron chi connectivity index (χ4n) is 1.65. The lowest BCUT2D eigenvalue weighted by Gasteiger charge is -2.09. The molecule has 0 aliphatic carbocycles. The molecule has 1 aromatic carbocycles. The Bertz CT molecular complexity index is 686. The molecule has 0 saturated carbocycles. The summed E-state index contributed by atoms with van der Waals surface area (Å²) in [5.41, 5.74) is 1.85. The molecule has 0 bridgehead atoms. The average molecular weight is 331 g/mol. The molecule has 20 heavy (non-hydrogen) atoms. The first-order chi connectivity index (χ1) is 9.40. The first-order valence-corrected chi connectivity index (χ1v) is 6.82. The molecule has 0 radical (unpaired) electrons. The van der Waals surface area contributed by atoms with Crippen molar-refractivity contribution in [3.8, 4) is 5.75 Å². The predicted molar refractivity (Wildman–Crippen MR) is 80.1 cm³/mol. The predicted octanol–water partition coefficient (Wildman–Crippen LogP) is 4.88. The second-order valence-corrected chi connectivity index (χ2v) is 5.40. The van der Waals surface area contributed by atoms with Gasteiger partial charge in [0.25, 0.3) is 0 Å². The summed E-state index contributed by atoms with van der Waals surface area (Å²) in [4.78, 5) is 15.9. The highest BCUT2D eigenvalue weighted by molar-refractivity contribution is 6.48. The summed E-state index contributed by atoms with van der Waals surface area (Å²) < 4.78 is 5.27. The van der Waals surface area contributed by atoms with Crippen molar-refractivity contribution in [3.63, 3.8) is 0 Å². The van der Waals surface area contributed by atoms with Gasteiger partial charge in [0.05, 0.1) is 15.1 Å². The molecule has 0 aliphatic rings. The maximum atomic E-state index is 12.1. The van der Waals surface area contributed by atoms with E-state index >= 15 is 0 Å². The molecule has 2 aromatic rings. The first kappa shape index (κ1) is 15.1. The zero-order valence-corrected chi connectivity index (χ0v) is 13.0. The van der Waals surface area contributed by atoms with Gasteiger partial charge in [-0.3, -0.25) is 0 Å². The molecule has 0 N–H and O–H groups in total. The molecule has 3 nitrogen and oxygen atoms in total. The molecule has 0 unspecified atom stereocenters. The summed E-state index contributed by atoms with van der Waals surface area (Å²) in [6.45, 7) is 3.80. The Balaban J connectivity index is 2.31. The van der Waals surface area contributed by atoms with Crippen molar-refractivity contribution >= 4 is 40.8 Å². The summed E-state index contributed by atoms with van der Waals surface area (Å²) in [6.07, 6.45) is 1.26. The van der Waals surface area contributed by atoms with Crippen LogP contribution in [0, 0.1) is 13.8 Å². The molecular formula is C14H10Cl3NO2. The number of nitrogens with zero attached hydrogens (tertiary/aromatic N) is 1. The lowest BCUT2D eigenvalue weighted by atomic mass is 10.1. The van der Waals surface area contributed by atoms with E-state index in [1.807, 2.05) is 26.0 Å². The minimum absolute atomic E-state index is 0.0195. The van der Waals surface area contributed by atoms with Crippen molar-refractivity contribution in [1.29, 1.82) is 0 Å². The second-order valence-electron chi connectivity index (χ2n) is 4.24. The van der Waals surface area contributed by atoms with Gasteiger partial charge in [0.15, 0.2) is 5.69 Å². The molecule has 0 atom stereocenters. The monoisotopic (exact) mass is 329 g/mol. The lowest BCUT2D eigenvalue weighted by Crippen LogP contribution is -2.12. The fraction of sp³-hybridized carbons (Fsp3) is 0.143. The van der Waals surface area contributed by atoms with Crippen molar-refractivity contribution < 1.29 is 9.53 Å². The number of halogens is 3. The minimum atomic E-state index is -0.680. The molecule has 1 aromatic heterocycles. The summed E-state index contributed by atoms with van der Waals surface area (Å²) in [5, 5.41) is 0.240. The zero-order chi connectivity index (χ0) is 14.9. The summed E-state index contributed by atoms with van der Waals surface area (Å²) >= 11 is 17.6. The van der Waals surface area contributed by atoms with E-state index in [-0.39, 0.29) is 20.8 Å². The van der Waals surface area contributed by atoms with Gasteiger partial charge >= 0.3 is 5.97 Å². The quantitative estimate of drug-likeness (QED) is 0.582. The number of hydrogen-bond donors (Lipinski definition) is 0. The molecule has 6 heteroatoms. The van der Waals surface area contributed by atoms with Crippen molar-refractivity contribution in [2.45, 2.75) is 13.8 Å². The highest BCUT2D eigenvalue weighted by atomic mass is 35.5. The van der Waals surface area contributed by atoms with Gasteiger partial charge in [-0.15, -0.1) is 0 Å². The Hall–Kier alpha value is -1.29. The molecule has 0 spiro atoms. The van der Waals surface area contributed by atoms with E-state index in [0.29, 0.717) is 5.75 Å². The van der Waals surface area contributed by atoms with Gasteiger partial charge in [-0.2, -0.15) is 0 Å². The Labute approximate surface area is 131 Å². The number of carbonyl (C=O) groups is 1. The van der Waals surface area contributed by atoms with Gasteiger partial charge in [-0.25, -0.2) is 9.78 Å². The van der Waals surface area contributed by atoms with Crippen LogP contribution in [0.5, 0.6) is 5.75 Å². The minimum Gasteiger partial charge on any atom is -0.421 e. The number of aromatic nitrogens is 1. The number of ether oxygens (including phenoxy) is 1. The molecule has 104 valence electrons. The molecule has 0 aliphatic heterocycles. The van der Waals surface area contributed by atoms with E-state index in [0.717, 1.165) is 11.1 Å². The van der Waals surface area contributed by atoms with E-state index < -0.39 is 5.97 Å². The molecule has 2 rings (SSSR count). The van der Waals surface area contributed by atoms with Crippen LogP contribution in [-0.4, -0.2) is 11.0 Å². The number of pyridine rings is 1. The molecule has 0 amide bonds. The van der Waals surface area contributed by atoms with Crippen LogP contribution in [0.4, 0.5) is 0 Å². The largest absolute Gasteiger partial charge is 0.421 e. The number of benzene rings is 1. The molecule has 1 heterocycles. The van der Waals surface area contributed by atoms with Crippen LogP contribution in [0.3, 0.4) is 0 Å². The second kappa shape index (κ2) is 6.00. The average Bonchev–Trinajstić information content (AvgIpc) is 2.39. The Kier molecular flexibility index (Phi) is 4.53. The number of hydrogen-bond acceptors (Lipinski definition) is 3. The van der Waals surface area contributed by atoms with Crippen LogP contribution in [0.25, 0.3) is 0 Å². The third kappa shape index (κ3) is 3.06. The van der Waals surface area contributed by atoms with Crippen LogP contribution in [0.15, 0.2) is 24.4 Å². The van der Waals surface area contributed by atoms with Gasteiger partial charge < -0.3 is 4.74 Å². The maximum Gasteiger partial charge on any atom is 0.363 e. The molecular weight excluding hydrogens is 321 g/mol. The summed E-state index contributed by atoms with van der Waals surface area (Å²) in [6, 6.07) is 5.47. The third-order valence-corrected chi connectivity index (χ3v) is 3.88. The maximum absolute atomic E-state index is 12.1. The van der Waals surface area contributed by atoms with E-state index in [9.17, 15) is 4.79 Å².